The molecule has 0 atom stereocenters. The van der Waals surface area contributed by atoms with E-state index in [1.807, 2.05) is 38.1 Å². The molecule has 0 amide bonds. The number of thiazole rings is 1. The predicted octanol–water partition coefficient (Wildman–Crippen LogP) is 5.33. The first-order valence-electron chi connectivity index (χ1n) is 8.71. The molecule has 3 aromatic rings. The van der Waals surface area contributed by atoms with Crippen LogP contribution >= 0.6 is 11.3 Å². The van der Waals surface area contributed by atoms with E-state index in [0.29, 0.717) is 5.01 Å². The molecule has 0 bridgehead atoms. The number of para-hydroxylation sites is 1. The van der Waals surface area contributed by atoms with Gasteiger partial charge in [-0.25, -0.2) is 13.4 Å². The molecule has 0 N–H and O–H groups in total. The van der Waals surface area contributed by atoms with Crippen LogP contribution in [0.4, 0.5) is 0 Å². The molecule has 0 saturated carbocycles. The topological polar surface area (TPSA) is 47.0 Å². The number of benzene rings is 2. The number of hydrogen-bond acceptors (Lipinski definition) is 4. The molecule has 0 spiro atoms. The van der Waals surface area contributed by atoms with E-state index in [4.69, 9.17) is 0 Å². The lowest BCUT2D eigenvalue weighted by Crippen LogP contribution is -2.14. The molecule has 1 aromatic heterocycles. The number of fused-ring (bicyclic) bond motifs is 1. The molecule has 3 nitrogen and oxygen atoms in total. The summed E-state index contributed by atoms with van der Waals surface area (Å²) in [6, 6.07) is 12.0. The summed E-state index contributed by atoms with van der Waals surface area (Å²) < 4.78 is 26.6. The van der Waals surface area contributed by atoms with Gasteiger partial charge in [-0.1, -0.05) is 45.0 Å². The monoisotopic (exact) mass is 387 g/mol. The summed E-state index contributed by atoms with van der Waals surface area (Å²) in [5.41, 5.74) is 5.16. The maximum absolute atomic E-state index is 12.8. The average molecular weight is 388 g/mol. The lowest BCUT2D eigenvalue weighted by atomic mass is 9.84. The van der Waals surface area contributed by atoms with Crippen molar-refractivity contribution in [3.63, 3.8) is 0 Å². The fourth-order valence-electron chi connectivity index (χ4n) is 3.09. The summed E-state index contributed by atoms with van der Waals surface area (Å²) in [6.45, 7) is 10.5. The largest absolute Gasteiger partial charge is 0.240 e. The van der Waals surface area contributed by atoms with E-state index in [1.165, 1.54) is 16.9 Å². The first kappa shape index (κ1) is 19.1. The minimum atomic E-state index is -3.28. The maximum atomic E-state index is 12.8. The van der Waals surface area contributed by atoms with Crippen LogP contribution in [0.3, 0.4) is 0 Å². The van der Waals surface area contributed by atoms with Crippen LogP contribution in [0.5, 0.6) is 0 Å². The van der Waals surface area contributed by atoms with Crippen molar-refractivity contribution in [1.29, 1.82) is 0 Å². The van der Waals surface area contributed by atoms with Gasteiger partial charge in [0.15, 0.2) is 9.84 Å². The lowest BCUT2D eigenvalue weighted by molar-refractivity contribution is 0.588. The highest BCUT2D eigenvalue weighted by atomic mass is 32.2. The van der Waals surface area contributed by atoms with Crippen molar-refractivity contribution in [2.24, 2.45) is 0 Å². The molecule has 0 unspecified atom stereocenters. The van der Waals surface area contributed by atoms with Gasteiger partial charge < -0.3 is 0 Å². The first-order valence-corrected chi connectivity index (χ1v) is 11.3. The van der Waals surface area contributed by atoms with Crippen molar-refractivity contribution in [3.05, 3.63) is 63.7 Å². The fraction of sp³-hybridized carbons (Fsp3) is 0.381. The van der Waals surface area contributed by atoms with Crippen LogP contribution in [0.1, 0.15) is 48.0 Å². The summed E-state index contributed by atoms with van der Waals surface area (Å²) in [5, 5.41) is 0.660. The molecule has 0 aliphatic carbocycles. The zero-order valence-corrected chi connectivity index (χ0v) is 17.6. The summed E-state index contributed by atoms with van der Waals surface area (Å²) in [4.78, 5) is 4.47. The molecule has 5 heteroatoms. The Morgan fingerprint density at radius 1 is 1.00 bits per heavy atom. The van der Waals surface area contributed by atoms with Gasteiger partial charge >= 0.3 is 0 Å². The van der Waals surface area contributed by atoms with E-state index < -0.39 is 9.84 Å². The van der Waals surface area contributed by atoms with E-state index >= 15 is 0 Å². The number of aryl methyl sites for hydroxylation is 2. The van der Waals surface area contributed by atoms with Gasteiger partial charge in [0, 0.05) is 0 Å². The van der Waals surface area contributed by atoms with Crippen LogP contribution in [0.25, 0.3) is 10.2 Å². The Kier molecular flexibility index (Phi) is 4.97. The van der Waals surface area contributed by atoms with Gasteiger partial charge in [-0.15, -0.1) is 11.3 Å². The number of rotatable bonds is 4. The van der Waals surface area contributed by atoms with Gasteiger partial charge in [-0.05, 0) is 53.6 Å². The zero-order valence-electron chi connectivity index (χ0n) is 16.0. The van der Waals surface area contributed by atoms with E-state index in [9.17, 15) is 8.42 Å². The van der Waals surface area contributed by atoms with Crippen molar-refractivity contribution in [2.45, 2.75) is 51.5 Å². The minimum absolute atomic E-state index is 0.00769. The Morgan fingerprint density at radius 2 is 1.62 bits per heavy atom. The van der Waals surface area contributed by atoms with E-state index in [0.717, 1.165) is 26.9 Å². The van der Waals surface area contributed by atoms with Crippen molar-refractivity contribution in [2.75, 3.05) is 0 Å². The molecule has 0 aliphatic heterocycles. The summed E-state index contributed by atoms with van der Waals surface area (Å²) in [7, 11) is -3.28. The number of hydrogen-bond donors (Lipinski definition) is 0. The van der Waals surface area contributed by atoms with Gasteiger partial charge in [0.2, 0.25) is 0 Å². The SMILES string of the molecule is Cc1cc(C(C)(C)C)cc(C)c1CS(=O)(=O)Cc1nc2ccccc2s1. The van der Waals surface area contributed by atoms with Crippen molar-refractivity contribution >= 4 is 31.4 Å². The second-order valence-corrected chi connectivity index (χ2v) is 11.1. The highest BCUT2D eigenvalue weighted by Gasteiger charge is 2.21. The molecule has 138 valence electrons. The summed E-state index contributed by atoms with van der Waals surface area (Å²) >= 11 is 1.46. The van der Waals surface area contributed by atoms with Crippen molar-refractivity contribution in [1.82, 2.24) is 4.98 Å². The summed E-state index contributed by atoms with van der Waals surface area (Å²) in [5.74, 6) is 0.0528. The van der Waals surface area contributed by atoms with Crippen LogP contribution < -0.4 is 0 Å². The predicted molar refractivity (Wildman–Crippen MR) is 111 cm³/mol. The van der Waals surface area contributed by atoms with E-state index in [1.54, 1.807) is 0 Å². The van der Waals surface area contributed by atoms with E-state index in [2.05, 4.69) is 37.9 Å². The molecular weight excluding hydrogens is 362 g/mol. The maximum Gasteiger partial charge on any atom is 0.160 e. The van der Waals surface area contributed by atoms with E-state index in [-0.39, 0.29) is 16.9 Å². The van der Waals surface area contributed by atoms with Gasteiger partial charge in [0.25, 0.3) is 0 Å². The summed E-state index contributed by atoms with van der Waals surface area (Å²) in [6.07, 6.45) is 0. The molecule has 26 heavy (non-hydrogen) atoms. The molecule has 3 rings (SSSR count). The van der Waals surface area contributed by atoms with Gasteiger partial charge in [0.05, 0.1) is 16.0 Å². The molecular formula is C21H25NO2S2. The fourth-order valence-corrected chi connectivity index (χ4v) is 6.07. The Morgan fingerprint density at radius 3 is 2.19 bits per heavy atom. The average Bonchev–Trinajstić information content (AvgIpc) is 2.91. The third-order valence-corrected chi connectivity index (χ3v) is 7.27. The third-order valence-electron chi connectivity index (χ3n) is 4.61. The van der Waals surface area contributed by atoms with Crippen LogP contribution in [0, 0.1) is 13.8 Å². The van der Waals surface area contributed by atoms with Crippen LogP contribution in [0.2, 0.25) is 0 Å². The number of sulfone groups is 1. The molecule has 0 radical (unpaired) electrons. The smallest absolute Gasteiger partial charge is 0.160 e. The number of nitrogens with zero attached hydrogens (tertiary/aromatic N) is 1. The minimum Gasteiger partial charge on any atom is -0.240 e. The van der Waals surface area contributed by atoms with Crippen LogP contribution in [0.15, 0.2) is 36.4 Å². The Bertz CT molecular complexity index is 1000. The van der Waals surface area contributed by atoms with Crippen molar-refractivity contribution in [3.8, 4) is 0 Å². The molecule has 0 aliphatic rings. The van der Waals surface area contributed by atoms with Gasteiger partial charge in [0.1, 0.15) is 10.8 Å². The molecule has 0 saturated heterocycles. The highest BCUT2D eigenvalue weighted by molar-refractivity contribution is 7.90. The van der Waals surface area contributed by atoms with Crippen LogP contribution in [-0.4, -0.2) is 13.4 Å². The molecule has 1 heterocycles. The highest BCUT2D eigenvalue weighted by Crippen LogP contribution is 2.29. The van der Waals surface area contributed by atoms with Gasteiger partial charge in [-0.3, -0.25) is 0 Å². The lowest BCUT2D eigenvalue weighted by Gasteiger charge is -2.22. The van der Waals surface area contributed by atoms with Gasteiger partial charge in [-0.2, -0.15) is 0 Å². The number of aromatic nitrogens is 1. The normalized spacial score (nSPS) is 12.7. The van der Waals surface area contributed by atoms with Crippen LogP contribution in [-0.2, 0) is 26.8 Å². The third kappa shape index (κ3) is 4.15. The Hall–Kier alpha value is -1.72. The van der Waals surface area contributed by atoms with Crippen molar-refractivity contribution < 1.29 is 8.42 Å². The zero-order chi connectivity index (χ0) is 19.1. The first-order chi connectivity index (χ1) is 12.0. The second kappa shape index (κ2) is 6.78. The Balaban J connectivity index is 1.87. The second-order valence-electron chi connectivity index (χ2n) is 7.95. The molecule has 0 fully saturated rings. The standard InChI is InChI=1S/C21H25NO2S2/c1-14-10-16(21(3,4)5)11-15(2)17(14)12-26(23,24)13-20-22-18-8-6-7-9-19(18)25-20/h6-11H,12-13H2,1-5H3. The quantitative estimate of drug-likeness (QED) is 0.608. The Labute approximate surface area is 160 Å². The molecule has 2 aromatic carbocycles.